The molecule has 1 N–H and O–H groups in total. The molecule has 5 nitrogen and oxygen atoms in total. The molecule has 0 fully saturated rings. The van der Waals surface area contributed by atoms with E-state index in [2.05, 4.69) is 17.4 Å². The summed E-state index contributed by atoms with van der Waals surface area (Å²) in [6.45, 7) is 3.53. The number of ether oxygens (including phenoxy) is 1. The van der Waals surface area contributed by atoms with Crippen molar-refractivity contribution in [1.82, 2.24) is 10.2 Å². The Hall–Kier alpha value is -2.82. The fraction of sp³-hybridized carbons (Fsp3) is 0.364. The average Bonchev–Trinajstić information content (AvgIpc) is 2.71. The van der Waals surface area contributed by atoms with Crippen molar-refractivity contribution in [2.45, 2.75) is 38.8 Å². The molecule has 0 saturated heterocycles. The Morgan fingerprint density at radius 2 is 1.78 bits per heavy atom. The monoisotopic (exact) mass is 366 g/mol. The van der Waals surface area contributed by atoms with E-state index in [0.29, 0.717) is 32.5 Å². The number of fused-ring (bicyclic) bond motifs is 1. The van der Waals surface area contributed by atoms with Gasteiger partial charge in [0.25, 0.3) is 0 Å². The van der Waals surface area contributed by atoms with Crippen molar-refractivity contribution in [3.8, 4) is 5.75 Å². The van der Waals surface area contributed by atoms with Gasteiger partial charge in [0.05, 0.1) is 6.61 Å². The lowest BCUT2D eigenvalue weighted by Crippen LogP contribution is -2.48. The molecule has 1 aliphatic rings. The first-order chi connectivity index (χ1) is 13.1. The SMILES string of the molecule is C[C@H](NC(=O)CCCOc1ccccc1)C(=O)N1CCc2ccccc2C1. The number of nitrogens with one attached hydrogen (secondary N) is 1. The van der Waals surface area contributed by atoms with E-state index in [1.807, 2.05) is 47.4 Å². The summed E-state index contributed by atoms with van der Waals surface area (Å²) in [6, 6.07) is 17.2. The van der Waals surface area contributed by atoms with Crippen LogP contribution in [-0.4, -0.2) is 35.9 Å². The number of benzene rings is 2. The lowest BCUT2D eigenvalue weighted by molar-refractivity contribution is -0.136. The van der Waals surface area contributed by atoms with E-state index in [1.165, 1.54) is 11.1 Å². The van der Waals surface area contributed by atoms with E-state index in [0.717, 1.165) is 12.2 Å². The van der Waals surface area contributed by atoms with Crippen molar-refractivity contribution in [3.05, 3.63) is 65.7 Å². The van der Waals surface area contributed by atoms with Gasteiger partial charge in [0.15, 0.2) is 0 Å². The zero-order chi connectivity index (χ0) is 19.1. The molecule has 2 aromatic rings. The van der Waals surface area contributed by atoms with Crippen LogP contribution >= 0.6 is 0 Å². The topological polar surface area (TPSA) is 58.6 Å². The molecule has 3 rings (SSSR count). The highest BCUT2D eigenvalue weighted by molar-refractivity contribution is 5.87. The third-order valence-corrected chi connectivity index (χ3v) is 4.75. The van der Waals surface area contributed by atoms with Gasteiger partial charge < -0.3 is 15.0 Å². The lowest BCUT2D eigenvalue weighted by Gasteiger charge is -2.31. The fourth-order valence-corrected chi connectivity index (χ4v) is 3.27. The van der Waals surface area contributed by atoms with Crippen molar-refractivity contribution in [3.63, 3.8) is 0 Å². The Bertz CT molecular complexity index is 776. The fourth-order valence-electron chi connectivity index (χ4n) is 3.27. The molecule has 1 atom stereocenters. The number of carbonyl (C=O) groups excluding carboxylic acids is 2. The molecule has 27 heavy (non-hydrogen) atoms. The smallest absolute Gasteiger partial charge is 0.245 e. The Kier molecular flexibility index (Phi) is 6.47. The van der Waals surface area contributed by atoms with Gasteiger partial charge >= 0.3 is 0 Å². The summed E-state index contributed by atoms with van der Waals surface area (Å²) in [7, 11) is 0. The maximum atomic E-state index is 12.6. The van der Waals surface area contributed by atoms with Crippen LogP contribution in [0.3, 0.4) is 0 Å². The van der Waals surface area contributed by atoms with E-state index >= 15 is 0 Å². The standard InChI is InChI=1S/C22H26N2O3/c1-17(22(26)24-14-13-18-8-5-6-9-19(18)16-24)23-21(25)12-7-15-27-20-10-3-2-4-11-20/h2-6,8-11,17H,7,12-16H2,1H3,(H,23,25)/t17-/m0/s1. The predicted octanol–water partition coefficient (Wildman–Crippen LogP) is 2.94. The largest absolute Gasteiger partial charge is 0.494 e. The van der Waals surface area contributed by atoms with Crippen LogP contribution in [0, 0.1) is 0 Å². The predicted molar refractivity (Wildman–Crippen MR) is 104 cm³/mol. The van der Waals surface area contributed by atoms with Gasteiger partial charge in [-0.2, -0.15) is 0 Å². The second-order valence-corrected chi connectivity index (χ2v) is 6.83. The molecule has 0 spiro atoms. The Morgan fingerprint density at radius 3 is 2.56 bits per heavy atom. The molecule has 2 aromatic carbocycles. The van der Waals surface area contributed by atoms with Crippen LogP contribution in [0.15, 0.2) is 54.6 Å². The second-order valence-electron chi connectivity index (χ2n) is 6.83. The molecule has 2 amide bonds. The van der Waals surface area contributed by atoms with E-state index < -0.39 is 6.04 Å². The van der Waals surface area contributed by atoms with Crippen LogP contribution in [0.1, 0.15) is 30.9 Å². The quantitative estimate of drug-likeness (QED) is 0.767. The van der Waals surface area contributed by atoms with Crippen molar-refractivity contribution in [1.29, 1.82) is 0 Å². The number of para-hydroxylation sites is 1. The highest BCUT2D eigenvalue weighted by atomic mass is 16.5. The van der Waals surface area contributed by atoms with E-state index in [4.69, 9.17) is 4.74 Å². The molecular formula is C22H26N2O3. The van der Waals surface area contributed by atoms with Crippen LogP contribution in [0.25, 0.3) is 0 Å². The lowest BCUT2D eigenvalue weighted by atomic mass is 9.99. The second kappa shape index (κ2) is 9.21. The number of hydrogen-bond acceptors (Lipinski definition) is 3. The number of hydrogen-bond donors (Lipinski definition) is 1. The third-order valence-electron chi connectivity index (χ3n) is 4.75. The molecule has 0 aliphatic carbocycles. The zero-order valence-electron chi connectivity index (χ0n) is 15.7. The van der Waals surface area contributed by atoms with Gasteiger partial charge in [0.2, 0.25) is 11.8 Å². The summed E-state index contributed by atoms with van der Waals surface area (Å²) < 4.78 is 5.58. The Labute approximate surface area is 160 Å². The van der Waals surface area contributed by atoms with Crippen molar-refractivity contribution in [2.75, 3.05) is 13.2 Å². The van der Waals surface area contributed by atoms with Gasteiger partial charge in [0.1, 0.15) is 11.8 Å². The van der Waals surface area contributed by atoms with Crippen LogP contribution in [0.4, 0.5) is 0 Å². The van der Waals surface area contributed by atoms with E-state index in [1.54, 1.807) is 6.92 Å². The highest BCUT2D eigenvalue weighted by Gasteiger charge is 2.25. The summed E-state index contributed by atoms with van der Waals surface area (Å²) >= 11 is 0. The molecule has 0 radical (unpaired) electrons. The minimum absolute atomic E-state index is 0.0293. The molecule has 0 bridgehead atoms. The summed E-state index contributed by atoms with van der Waals surface area (Å²) in [4.78, 5) is 26.6. The normalized spacial score (nSPS) is 14.2. The molecule has 1 heterocycles. The first-order valence-corrected chi connectivity index (χ1v) is 9.46. The summed E-state index contributed by atoms with van der Waals surface area (Å²) in [5.74, 6) is 0.648. The first kappa shape index (κ1) is 19.0. The van der Waals surface area contributed by atoms with Gasteiger partial charge in [0, 0.05) is 19.5 Å². The minimum atomic E-state index is -0.516. The number of rotatable bonds is 7. The Balaban J connectivity index is 1.39. The maximum absolute atomic E-state index is 12.6. The summed E-state index contributed by atoms with van der Waals surface area (Å²) in [5, 5.41) is 2.81. The molecule has 0 saturated carbocycles. The zero-order valence-corrected chi connectivity index (χ0v) is 15.7. The molecular weight excluding hydrogens is 340 g/mol. The molecule has 142 valence electrons. The number of carbonyl (C=O) groups is 2. The Morgan fingerprint density at radius 1 is 1.07 bits per heavy atom. The summed E-state index contributed by atoms with van der Waals surface area (Å²) in [6.07, 6.45) is 1.81. The number of amides is 2. The molecule has 5 heteroatoms. The van der Waals surface area contributed by atoms with Gasteiger partial charge in [-0.3, -0.25) is 9.59 Å². The van der Waals surface area contributed by atoms with E-state index in [9.17, 15) is 9.59 Å². The van der Waals surface area contributed by atoms with Crippen LogP contribution in [-0.2, 0) is 22.6 Å². The molecule has 0 unspecified atom stereocenters. The first-order valence-electron chi connectivity index (χ1n) is 9.46. The average molecular weight is 366 g/mol. The minimum Gasteiger partial charge on any atom is -0.494 e. The van der Waals surface area contributed by atoms with Gasteiger partial charge in [-0.25, -0.2) is 0 Å². The van der Waals surface area contributed by atoms with Crippen molar-refractivity contribution < 1.29 is 14.3 Å². The van der Waals surface area contributed by atoms with Crippen molar-refractivity contribution in [2.24, 2.45) is 0 Å². The van der Waals surface area contributed by atoms with Gasteiger partial charge in [-0.05, 0) is 43.0 Å². The molecule has 1 aliphatic heterocycles. The van der Waals surface area contributed by atoms with Crippen molar-refractivity contribution >= 4 is 11.8 Å². The van der Waals surface area contributed by atoms with E-state index in [-0.39, 0.29) is 11.8 Å². The van der Waals surface area contributed by atoms with Crippen LogP contribution < -0.4 is 10.1 Å². The third kappa shape index (κ3) is 5.33. The highest BCUT2D eigenvalue weighted by Crippen LogP contribution is 2.19. The van der Waals surface area contributed by atoms with Crippen LogP contribution in [0.5, 0.6) is 5.75 Å². The molecule has 0 aromatic heterocycles. The van der Waals surface area contributed by atoms with Gasteiger partial charge in [-0.1, -0.05) is 42.5 Å². The van der Waals surface area contributed by atoms with Gasteiger partial charge in [-0.15, -0.1) is 0 Å². The maximum Gasteiger partial charge on any atom is 0.245 e. The van der Waals surface area contributed by atoms with Crippen LogP contribution in [0.2, 0.25) is 0 Å². The number of nitrogens with zero attached hydrogens (tertiary/aromatic N) is 1. The summed E-state index contributed by atoms with van der Waals surface area (Å²) in [5.41, 5.74) is 2.49.